The molecule has 0 atom stereocenters. The number of hydrogen-bond donors (Lipinski definition) is 0. The first-order chi connectivity index (χ1) is 16.0. The van der Waals surface area contributed by atoms with Crippen molar-refractivity contribution in [3.05, 3.63) is 82.8 Å². The van der Waals surface area contributed by atoms with Gasteiger partial charge >= 0.3 is 0 Å². The molecule has 0 saturated heterocycles. The van der Waals surface area contributed by atoms with Crippen LogP contribution in [0.5, 0.6) is 5.75 Å². The van der Waals surface area contributed by atoms with Gasteiger partial charge in [0.2, 0.25) is 5.91 Å². The fourth-order valence-corrected chi connectivity index (χ4v) is 4.10. The zero-order chi connectivity index (χ0) is 23.2. The molecule has 33 heavy (non-hydrogen) atoms. The number of likely N-dealkylation sites (N-methyl/N-ethyl adjacent to an activating group) is 1. The van der Waals surface area contributed by atoms with E-state index in [1.807, 2.05) is 61.3 Å². The van der Waals surface area contributed by atoms with Crippen LogP contribution in [0.15, 0.2) is 54.6 Å². The molecule has 0 spiro atoms. The van der Waals surface area contributed by atoms with E-state index >= 15 is 0 Å². The summed E-state index contributed by atoms with van der Waals surface area (Å²) in [5, 5.41) is 0. The molecule has 0 unspecified atom stereocenters. The van der Waals surface area contributed by atoms with E-state index in [4.69, 9.17) is 14.7 Å². The van der Waals surface area contributed by atoms with Crippen molar-refractivity contribution in [2.45, 2.75) is 39.7 Å². The third-order valence-electron chi connectivity index (χ3n) is 6.02. The lowest BCUT2D eigenvalue weighted by Crippen LogP contribution is -2.38. The zero-order valence-electron chi connectivity index (χ0n) is 19.8. The van der Waals surface area contributed by atoms with Crippen molar-refractivity contribution in [1.29, 1.82) is 0 Å². The van der Waals surface area contributed by atoms with Crippen molar-refractivity contribution >= 4 is 11.7 Å². The molecular weight excluding hydrogens is 412 g/mol. The number of aromatic nitrogens is 2. The van der Waals surface area contributed by atoms with Crippen molar-refractivity contribution in [2.75, 3.05) is 31.6 Å². The molecule has 172 valence electrons. The van der Waals surface area contributed by atoms with Crippen LogP contribution < -0.4 is 9.64 Å². The number of amides is 1. The standard InChI is InChI=1S/C27H32N4O2/c1-20-9-11-23(12-10-20)33-18-17-30(3)19-25-28-21(2)24-13-14-26(32)31(27(24)29-25)16-15-22-7-5-4-6-8-22/h4-12H,13-19H2,1-3H3. The third-order valence-corrected chi connectivity index (χ3v) is 6.02. The quantitative estimate of drug-likeness (QED) is 0.497. The second kappa shape index (κ2) is 10.6. The number of hydrogen-bond acceptors (Lipinski definition) is 5. The Kier molecular flexibility index (Phi) is 7.35. The van der Waals surface area contributed by atoms with Gasteiger partial charge in [0.05, 0.1) is 6.54 Å². The number of anilines is 1. The molecule has 2 heterocycles. The van der Waals surface area contributed by atoms with Crippen LogP contribution >= 0.6 is 0 Å². The molecule has 0 bridgehead atoms. The molecule has 0 aliphatic carbocycles. The SMILES string of the molecule is Cc1ccc(OCCN(C)Cc2nc(C)c3c(n2)N(CCc2ccccc2)C(=O)CC3)cc1. The van der Waals surface area contributed by atoms with Gasteiger partial charge in [0, 0.05) is 30.8 Å². The molecule has 0 fully saturated rings. The van der Waals surface area contributed by atoms with Gasteiger partial charge in [-0.1, -0.05) is 48.0 Å². The predicted molar refractivity (Wildman–Crippen MR) is 131 cm³/mol. The fraction of sp³-hybridized carbons (Fsp3) is 0.370. The summed E-state index contributed by atoms with van der Waals surface area (Å²) in [6.07, 6.45) is 2.03. The van der Waals surface area contributed by atoms with Gasteiger partial charge in [-0.2, -0.15) is 0 Å². The number of aryl methyl sites for hydroxylation is 2. The highest BCUT2D eigenvalue weighted by molar-refractivity contribution is 5.95. The minimum Gasteiger partial charge on any atom is -0.492 e. The minimum atomic E-state index is 0.141. The van der Waals surface area contributed by atoms with Gasteiger partial charge in [-0.15, -0.1) is 0 Å². The smallest absolute Gasteiger partial charge is 0.228 e. The Bertz CT molecular complexity index is 1080. The first kappa shape index (κ1) is 22.9. The first-order valence-electron chi connectivity index (χ1n) is 11.6. The summed E-state index contributed by atoms with van der Waals surface area (Å²) in [7, 11) is 2.04. The number of fused-ring (bicyclic) bond motifs is 1. The monoisotopic (exact) mass is 444 g/mol. The number of ether oxygens (including phenoxy) is 1. The maximum absolute atomic E-state index is 12.8. The third kappa shape index (κ3) is 5.96. The molecule has 1 amide bonds. The number of benzene rings is 2. The van der Waals surface area contributed by atoms with E-state index in [0.29, 0.717) is 32.5 Å². The Hall–Kier alpha value is -3.25. The molecule has 6 heteroatoms. The van der Waals surface area contributed by atoms with Crippen molar-refractivity contribution in [3.8, 4) is 5.75 Å². The molecule has 6 nitrogen and oxygen atoms in total. The van der Waals surface area contributed by atoms with Gasteiger partial charge in [0.1, 0.15) is 24.0 Å². The van der Waals surface area contributed by atoms with Gasteiger partial charge in [-0.05, 0) is 51.4 Å². The summed E-state index contributed by atoms with van der Waals surface area (Å²) < 4.78 is 5.85. The molecular formula is C27H32N4O2. The molecule has 1 aliphatic heterocycles. The summed E-state index contributed by atoms with van der Waals surface area (Å²) in [4.78, 5) is 26.4. The molecule has 4 rings (SSSR count). The van der Waals surface area contributed by atoms with Crippen LogP contribution in [0.2, 0.25) is 0 Å². The minimum absolute atomic E-state index is 0.141. The topological polar surface area (TPSA) is 58.6 Å². The van der Waals surface area contributed by atoms with Crippen molar-refractivity contribution < 1.29 is 9.53 Å². The number of nitrogens with zero attached hydrogens (tertiary/aromatic N) is 4. The van der Waals surface area contributed by atoms with Gasteiger partial charge < -0.3 is 4.74 Å². The Morgan fingerprint density at radius 2 is 1.76 bits per heavy atom. The fourth-order valence-electron chi connectivity index (χ4n) is 4.10. The number of carbonyl (C=O) groups is 1. The highest BCUT2D eigenvalue weighted by Gasteiger charge is 2.28. The molecule has 3 aromatic rings. The molecule has 0 radical (unpaired) electrons. The van der Waals surface area contributed by atoms with Crippen LogP contribution in [0, 0.1) is 13.8 Å². The van der Waals surface area contributed by atoms with Crippen LogP contribution in [0.4, 0.5) is 5.82 Å². The second-order valence-electron chi connectivity index (χ2n) is 8.71. The van der Waals surface area contributed by atoms with Gasteiger partial charge in [-0.3, -0.25) is 14.6 Å². The average Bonchev–Trinajstić information content (AvgIpc) is 2.80. The Morgan fingerprint density at radius 3 is 2.52 bits per heavy atom. The van der Waals surface area contributed by atoms with E-state index < -0.39 is 0 Å². The zero-order valence-corrected chi connectivity index (χ0v) is 19.8. The second-order valence-corrected chi connectivity index (χ2v) is 8.71. The lowest BCUT2D eigenvalue weighted by atomic mass is 10.0. The molecule has 0 N–H and O–H groups in total. The van der Waals surface area contributed by atoms with E-state index in [0.717, 1.165) is 41.6 Å². The predicted octanol–water partition coefficient (Wildman–Crippen LogP) is 4.13. The van der Waals surface area contributed by atoms with Gasteiger partial charge in [0.15, 0.2) is 0 Å². The lowest BCUT2D eigenvalue weighted by Gasteiger charge is -2.30. The summed E-state index contributed by atoms with van der Waals surface area (Å²) in [6, 6.07) is 18.4. The maximum atomic E-state index is 12.8. The Morgan fingerprint density at radius 1 is 1.00 bits per heavy atom. The summed E-state index contributed by atoms with van der Waals surface area (Å²) >= 11 is 0. The highest BCUT2D eigenvalue weighted by Crippen LogP contribution is 2.28. The van der Waals surface area contributed by atoms with E-state index in [2.05, 4.69) is 24.0 Å². The van der Waals surface area contributed by atoms with E-state index in [9.17, 15) is 4.79 Å². The van der Waals surface area contributed by atoms with Crippen LogP contribution in [0.1, 0.15) is 34.6 Å². The lowest BCUT2D eigenvalue weighted by molar-refractivity contribution is -0.118. The summed E-state index contributed by atoms with van der Waals surface area (Å²) in [5.41, 5.74) is 4.50. The molecule has 1 aromatic heterocycles. The highest BCUT2D eigenvalue weighted by atomic mass is 16.5. The Labute approximate surface area is 196 Å². The van der Waals surface area contributed by atoms with Crippen LogP contribution in [0.25, 0.3) is 0 Å². The van der Waals surface area contributed by atoms with Crippen molar-refractivity contribution in [3.63, 3.8) is 0 Å². The van der Waals surface area contributed by atoms with Crippen molar-refractivity contribution in [1.82, 2.24) is 14.9 Å². The summed E-state index contributed by atoms with van der Waals surface area (Å²) in [5.74, 6) is 2.54. The van der Waals surface area contributed by atoms with Crippen LogP contribution in [-0.2, 0) is 24.2 Å². The summed E-state index contributed by atoms with van der Waals surface area (Å²) in [6.45, 7) is 6.66. The normalized spacial score (nSPS) is 13.3. The molecule has 1 aliphatic rings. The largest absolute Gasteiger partial charge is 0.492 e. The van der Waals surface area contributed by atoms with Crippen LogP contribution in [-0.4, -0.2) is 47.5 Å². The van der Waals surface area contributed by atoms with Gasteiger partial charge in [0.25, 0.3) is 0 Å². The van der Waals surface area contributed by atoms with E-state index in [1.54, 1.807) is 0 Å². The maximum Gasteiger partial charge on any atom is 0.228 e. The average molecular weight is 445 g/mol. The molecule has 0 saturated carbocycles. The molecule has 2 aromatic carbocycles. The van der Waals surface area contributed by atoms with E-state index in [1.165, 1.54) is 11.1 Å². The Balaban J connectivity index is 1.41. The van der Waals surface area contributed by atoms with Crippen LogP contribution in [0.3, 0.4) is 0 Å². The number of rotatable bonds is 9. The van der Waals surface area contributed by atoms with Crippen molar-refractivity contribution in [2.24, 2.45) is 0 Å². The first-order valence-corrected chi connectivity index (χ1v) is 11.6. The van der Waals surface area contributed by atoms with E-state index in [-0.39, 0.29) is 5.91 Å². The van der Waals surface area contributed by atoms with Gasteiger partial charge in [-0.25, -0.2) is 9.97 Å². The number of carbonyl (C=O) groups excluding carboxylic acids is 1.